The van der Waals surface area contributed by atoms with Crippen molar-refractivity contribution in [3.8, 4) is 0 Å². The number of rotatable bonds is 4. The average Bonchev–Trinajstić information content (AvgIpc) is 2.35. The van der Waals surface area contributed by atoms with Crippen LogP contribution >= 0.6 is 12.2 Å². The third kappa shape index (κ3) is 4.19. The highest BCUT2D eigenvalue weighted by atomic mass is 32.1. The Balaban J connectivity index is 2.72. The van der Waals surface area contributed by atoms with Crippen LogP contribution in [0.3, 0.4) is 0 Å². The van der Waals surface area contributed by atoms with E-state index in [9.17, 15) is 18.0 Å². The fourth-order valence-electron chi connectivity index (χ4n) is 1.30. The Bertz CT molecular complexity index is 509. The van der Waals surface area contributed by atoms with Gasteiger partial charge >= 0.3 is 6.18 Å². The fourth-order valence-corrected chi connectivity index (χ4v) is 1.37. The molecular weight excluding hydrogens is 289 g/mol. The second kappa shape index (κ2) is 5.78. The number of carbonyl (C=O) groups excluding carboxylic acids is 1. The SMILES string of the molecule is CC(C)(CNC(=O)c1ccc(C(F)(F)F)cc1)C(N)=S. The van der Waals surface area contributed by atoms with Gasteiger partial charge in [-0.2, -0.15) is 13.2 Å². The van der Waals surface area contributed by atoms with Gasteiger partial charge in [-0.15, -0.1) is 0 Å². The summed E-state index contributed by atoms with van der Waals surface area (Å²) in [5, 5.41) is 2.59. The van der Waals surface area contributed by atoms with Gasteiger partial charge in [0.25, 0.3) is 5.91 Å². The summed E-state index contributed by atoms with van der Waals surface area (Å²) in [5.41, 5.74) is 4.32. The molecule has 0 bridgehead atoms. The van der Waals surface area contributed by atoms with Crippen LogP contribution in [-0.4, -0.2) is 17.4 Å². The summed E-state index contributed by atoms with van der Waals surface area (Å²) in [6.07, 6.45) is -4.41. The van der Waals surface area contributed by atoms with Crippen LogP contribution in [0.2, 0.25) is 0 Å². The Labute approximate surface area is 120 Å². The summed E-state index contributed by atoms with van der Waals surface area (Å²) in [4.78, 5) is 12.1. The molecule has 0 aromatic heterocycles. The Hall–Kier alpha value is -1.63. The first-order valence-electron chi connectivity index (χ1n) is 5.79. The van der Waals surface area contributed by atoms with Gasteiger partial charge in [0.2, 0.25) is 0 Å². The molecule has 0 radical (unpaired) electrons. The van der Waals surface area contributed by atoms with Crippen molar-refractivity contribution in [3.63, 3.8) is 0 Å². The van der Waals surface area contributed by atoms with Crippen LogP contribution in [-0.2, 0) is 6.18 Å². The number of benzene rings is 1. The van der Waals surface area contributed by atoms with E-state index in [1.807, 2.05) is 0 Å². The number of halogens is 3. The zero-order valence-electron chi connectivity index (χ0n) is 11.0. The number of hydrogen-bond donors (Lipinski definition) is 2. The Morgan fingerprint density at radius 3 is 2.15 bits per heavy atom. The van der Waals surface area contributed by atoms with E-state index in [1.54, 1.807) is 13.8 Å². The molecule has 1 amide bonds. The molecule has 0 aliphatic heterocycles. The van der Waals surface area contributed by atoms with Crippen LogP contribution in [0.4, 0.5) is 13.2 Å². The minimum absolute atomic E-state index is 0.150. The first kappa shape index (κ1) is 16.4. The second-order valence-electron chi connectivity index (χ2n) is 5.01. The number of hydrogen-bond acceptors (Lipinski definition) is 2. The van der Waals surface area contributed by atoms with Crippen LogP contribution in [0, 0.1) is 5.41 Å². The standard InChI is InChI=1S/C13H15F3N2OS/c1-12(2,11(17)20)7-18-10(19)8-3-5-9(6-4-8)13(14,15)16/h3-6H,7H2,1-2H3,(H2,17,20)(H,18,19). The molecule has 3 N–H and O–H groups in total. The molecule has 0 atom stereocenters. The zero-order valence-corrected chi connectivity index (χ0v) is 11.9. The summed E-state index contributed by atoms with van der Waals surface area (Å²) in [6.45, 7) is 3.74. The van der Waals surface area contributed by atoms with Crippen molar-refractivity contribution in [2.45, 2.75) is 20.0 Å². The van der Waals surface area contributed by atoms with Gasteiger partial charge in [-0.3, -0.25) is 4.79 Å². The molecule has 0 heterocycles. The van der Waals surface area contributed by atoms with Crippen molar-refractivity contribution in [1.82, 2.24) is 5.32 Å². The molecule has 1 rings (SSSR count). The number of carbonyl (C=O) groups is 1. The lowest BCUT2D eigenvalue weighted by molar-refractivity contribution is -0.137. The van der Waals surface area contributed by atoms with Crippen LogP contribution in [0.15, 0.2) is 24.3 Å². The third-order valence-corrected chi connectivity index (χ3v) is 3.38. The largest absolute Gasteiger partial charge is 0.416 e. The van der Waals surface area contributed by atoms with Crippen LogP contribution in [0.5, 0.6) is 0 Å². The fraction of sp³-hybridized carbons (Fsp3) is 0.385. The van der Waals surface area contributed by atoms with E-state index in [2.05, 4.69) is 5.32 Å². The maximum atomic E-state index is 12.4. The van der Waals surface area contributed by atoms with E-state index in [4.69, 9.17) is 18.0 Å². The van der Waals surface area contributed by atoms with Gasteiger partial charge in [-0.25, -0.2) is 0 Å². The predicted octanol–water partition coefficient (Wildman–Crippen LogP) is 2.75. The average molecular weight is 304 g/mol. The highest BCUT2D eigenvalue weighted by Crippen LogP contribution is 2.29. The van der Waals surface area contributed by atoms with E-state index in [0.29, 0.717) is 0 Å². The van der Waals surface area contributed by atoms with E-state index < -0.39 is 23.1 Å². The van der Waals surface area contributed by atoms with E-state index >= 15 is 0 Å². The molecule has 7 heteroatoms. The first-order chi connectivity index (χ1) is 9.04. The quantitative estimate of drug-likeness (QED) is 0.841. The lowest BCUT2D eigenvalue weighted by Gasteiger charge is -2.23. The van der Waals surface area contributed by atoms with Crippen LogP contribution in [0.25, 0.3) is 0 Å². The second-order valence-corrected chi connectivity index (χ2v) is 5.45. The van der Waals surface area contributed by atoms with E-state index in [1.165, 1.54) is 0 Å². The summed E-state index contributed by atoms with van der Waals surface area (Å²) in [6, 6.07) is 4.00. The molecule has 0 spiro atoms. The van der Waals surface area contributed by atoms with E-state index in [0.717, 1.165) is 24.3 Å². The summed E-state index contributed by atoms with van der Waals surface area (Å²) in [7, 11) is 0. The van der Waals surface area contributed by atoms with Gasteiger partial charge < -0.3 is 11.1 Å². The molecule has 0 saturated heterocycles. The maximum absolute atomic E-state index is 12.4. The van der Waals surface area contributed by atoms with Crippen molar-refractivity contribution in [3.05, 3.63) is 35.4 Å². The highest BCUT2D eigenvalue weighted by Gasteiger charge is 2.30. The van der Waals surface area contributed by atoms with E-state index in [-0.39, 0.29) is 17.1 Å². The molecule has 20 heavy (non-hydrogen) atoms. The first-order valence-corrected chi connectivity index (χ1v) is 6.20. The van der Waals surface area contributed by atoms with Gasteiger partial charge in [0.15, 0.2) is 0 Å². The van der Waals surface area contributed by atoms with Gasteiger partial charge in [-0.05, 0) is 24.3 Å². The number of nitrogens with one attached hydrogen (secondary N) is 1. The molecule has 1 aromatic rings. The van der Waals surface area contributed by atoms with Crippen molar-refractivity contribution >= 4 is 23.1 Å². The number of nitrogens with two attached hydrogens (primary N) is 1. The zero-order chi connectivity index (χ0) is 15.6. The van der Waals surface area contributed by atoms with Crippen LogP contribution in [0.1, 0.15) is 29.8 Å². The maximum Gasteiger partial charge on any atom is 0.416 e. The summed E-state index contributed by atoms with van der Waals surface area (Å²) in [5.74, 6) is -0.469. The van der Waals surface area contributed by atoms with Crippen molar-refractivity contribution in [2.24, 2.45) is 11.1 Å². The minimum Gasteiger partial charge on any atom is -0.393 e. The normalized spacial score (nSPS) is 12.1. The monoisotopic (exact) mass is 304 g/mol. The lowest BCUT2D eigenvalue weighted by Crippen LogP contribution is -2.41. The molecule has 0 unspecified atom stereocenters. The van der Waals surface area contributed by atoms with Gasteiger partial charge in [0.05, 0.1) is 10.6 Å². The number of thiocarbonyl (C=S) groups is 1. The summed E-state index contributed by atoms with van der Waals surface area (Å²) >= 11 is 4.86. The minimum atomic E-state index is -4.41. The molecule has 0 aliphatic carbocycles. The van der Waals surface area contributed by atoms with Crippen molar-refractivity contribution in [2.75, 3.05) is 6.54 Å². The lowest BCUT2D eigenvalue weighted by atomic mass is 9.93. The number of amides is 1. The molecule has 0 fully saturated rings. The summed E-state index contributed by atoms with van der Waals surface area (Å²) < 4.78 is 37.2. The Kier molecular flexibility index (Phi) is 4.75. The number of alkyl halides is 3. The molecule has 1 aromatic carbocycles. The Morgan fingerprint density at radius 2 is 1.75 bits per heavy atom. The van der Waals surface area contributed by atoms with Gasteiger partial charge in [0.1, 0.15) is 0 Å². The Morgan fingerprint density at radius 1 is 1.25 bits per heavy atom. The molecule has 0 aliphatic rings. The van der Waals surface area contributed by atoms with Crippen molar-refractivity contribution < 1.29 is 18.0 Å². The third-order valence-electron chi connectivity index (χ3n) is 2.83. The molecular formula is C13H15F3N2OS. The molecule has 110 valence electrons. The van der Waals surface area contributed by atoms with Gasteiger partial charge in [-0.1, -0.05) is 26.1 Å². The van der Waals surface area contributed by atoms with Gasteiger partial charge in [0, 0.05) is 17.5 Å². The topological polar surface area (TPSA) is 55.1 Å². The molecule has 3 nitrogen and oxygen atoms in total. The van der Waals surface area contributed by atoms with Crippen LogP contribution < -0.4 is 11.1 Å². The van der Waals surface area contributed by atoms with Crippen molar-refractivity contribution in [1.29, 1.82) is 0 Å². The molecule has 0 saturated carbocycles. The predicted molar refractivity (Wildman–Crippen MR) is 74.3 cm³/mol. The smallest absolute Gasteiger partial charge is 0.393 e. The highest BCUT2D eigenvalue weighted by molar-refractivity contribution is 7.80.